The first-order chi connectivity index (χ1) is 7.77. The van der Waals surface area contributed by atoms with Gasteiger partial charge in [0, 0.05) is 6.42 Å². The van der Waals surface area contributed by atoms with E-state index in [9.17, 15) is 9.59 Å². The summed E-state index contributed by atoms with van der Waals surface area (Å²) in [4.78, 5) is 23.8. The molecule has 3 heteroatoms. The molecule has 1 heterocycles. The fourth-order valence-corrected chi connectivity index (χ4v) is 4.16. The number of rotatable bonds is 0. The molecule has 1 aliphatic heterocycles. The van der Waals surface area contributed by atoms with Gasteiger partial charge in [-0.15, -0.1) is 0 Å². The van der Waals surface area contributed by atoms with Crippen molar-refractivity contribution < 1.29 is 14.3 Å². The van der Waals surface area contributed by atoms with E-state index in [1.807, 2.05) is 6.08 Å². The van der Waals surface area contributed by atoms with Gasteiger partial charge in [0.1, 0.15) is 11.5 Å². The number of esters is 1. The highest BCUT2D eigenvalue weighted by atomic mass is 16.5. The average molecular weight is 218 g/mol. The van der Waals surface area contributed by atoms with Crippen molar-refractivity contribution in [3.63, 3.8) is 0 Å². The lowest BCUT2D eigenvalue weighted by Crippen LogP contribution is -2.63. The van der Waals surface area contributed by atoms with Crippen LogP contribution in [0.5, 0.6) is 0 Å². The molecule has 0 spiro atoms. The van der Waals surface area contributed by atoms with E-state index in [-0.39, 0.29) is 17.8 Å². The third-order valence-electron chi connectivity index (χ3n) is 5.02. The van der Waals surface area contributed by atoms with Crippen LogP contribution in [0, 0.1) is 29.6 Å². The Balaban J connectivity index is 1.75. The summed E-state index contributed by atoms with van der Waals surface area (Å²) in [6, 6.07) is 0. The van der Waals surface area contributed by atoms with E-state index < -0.39 is 0 Å². The highest BCUT2D eigenvalue weighted by Crippen LogP contribution is 2.64. The molecule has 0 aromatic carbocycles. The molecular weight excluding hydrogens is 204 g/mol. The molecular formula is C13H14O3. The van der Waals surface area contributed by atoms with Crippen molar-refractivity contribution in [1.29, 1.82) is 0 Å². The van der Waals surface area contributed by atoms with Gasteiger partial charge in [-0.05, 0) is 43.1 Å². The minimum absolute atomic E-state index is 0.0444. The molecule has 3 aliphatic carbocycles. The first kappa shape index (κ1) is 8.97. The number of hydrogen-bond acceptors (Lipinski definition) is 3. The molecule has 84 valence electrons. The smallest absolute Gasteiger partial charge is 0.314 e. The number of carbonyl (C=O) groups excluding carboxylic acids is 2. The maximum Gasteiger partial charge on any atom is 0.314 e. The van der Waals surface area contributed by atoms with Gasteiger partial charge in [-0.3, -0.25) is 9.59 Å². The predicted molar refractivity (Wildman–Crippen MR) is 55.1 cm³/mol. The molecule has 2 saturated carbocycles. The Morgan fingerprint density at radius 3 is 2.75 bits per heavy atom. The second-order valence-electron chi connectivity index (χ2n) is 5.52. The lowest BCUT2D eigenvalue weighted by atomic mass is 9.42. The monoisotopic (exact) mass is 218 g/mol. The summed E-state index contributed by atoms with van der Waals surface area (Å²) >= 11 is 0. The van der Waals surface area contributed by atoms with Gasteiger partial charge in [0.2, 0.25) is 0 Å². The molecule has 5 unspecified atom stereocenters. The van der Waals surface area contributed by atoms with Gasteiger partial charge in [0.05, 0.1) is 11.8 Å². The quantitative estimate of drug-likeness (QED) is 0.581. The maximum absolute atomic E-state index is 12.0. The summed E-state index contributed by atoms with van der Waals surface area (Å²) in [7, 11) is 0. The summed E-state index contributed by atoms with van der Waals surface area (Å²) in [6.07, 6.45) is 5.68. The van der Waals surface area contributed by atoms with Gasteiger partial charge in [-0.25, -0.2) is 0 Å². The van der Waals surface area contributed by atoms with Gasteiger partial charge in [0.15, 0.2) is 0 Å². The largest absolute Gasteiger partial charge is 0.430 e. The van der Waals surface area contributed by atoms with Crippen molar-refractivity contribution >= 4 is 11.8 Å². The lowest BCUT2D eigenvalue weighted by molar-refractivity contribution is -0.198. The number of allylic oxidation sites excluding steroid dienone is 2. The highest BCUT2D eigenvalue weighted by molar-refractivity contribution is 5.89. The molecule has 0 aromatic heterocycles. The fourth-order valence-electron chi connectivity index (χ4n) is 4.16. The second kappa shape index (κ2) is 2.76. The number of ether oxygens (including phenoxy) is 1. The first-order valence-corrected chi connectivity index (χ1v) is 6.22. The molecule has 1 saturated heterocycles. The summed E-state index contributed by atoms with van der Waals surface area (Å²) in [5.74, 6) is 2.34. The minimum atomic E-state index is -0.0713. The predicted octanol–water partition coefficient (Wildman–Crippen LogP) is 1.68. The van der Waals surface area contributed by atoms with Crippen LogP contribution in [-0.2, 0) is 14.3 Å². The van der Waals surface area contributed by atoms with Crippen LogP contribution in [0.25, 0.3) is 0 Å². The van der Waals surface area contributed by atoms with Crippen LogP contribution in [-0.4, -0.2) is 11.8 Å². The molecule has 3 fully saturated rings. The minimum Gasteiger partial charge on any atom is -0.430 e. The van der Waals surface area contributed by atoms with Crippen molar-refractivity contribution in [3.8, 4) is 0 Å². The number of hydrogen-bond donors (Lipinski definition) is 0. The van der Waals surface area contributed by atoms with E-state index >= 15 is 0 Å². The third-order valence-corrected chi connectivity index (χ3v) is 5.02. The van der Waals surface area contributed by atoms with Crippen molar-refractivity contribution in [2.75, 3.05) is 0 Å². The zero-order valence-electron chi connectivity index (χ0n) is 9.02. The molecule has 16 heavy (non-hydrogen) atoms. The fraction of sp³-hybridized carbons (Fsp3) is 0.692. The van der Waals surface area contributed by atoms with E-state index in [1.165, 1.54) is 6.42 Å². The van der Waals surface area contributed by atoms with Crippen LogP contribution in [0.1, 0.15) is 25.7 Å². The number of Topliss-reactive ketones (excluding diaryl/α,β-unsaturated/α-hetero) is 1. The summed E-state index contributed by atoms with van der Waals surface area (Å²) in [6.45, 7) is 0. The topological polar surface area (TPSA) is 43.4 Å². The van der Waals surface area contributed by atoms with Gasteiger partial charge < -0.3 is 4.74 Å². The van der Waals surface area contributed by atoms with Gasteiger partial charge >= 0.3 is 5.97 Å². The average Bonchev–Trinajstić information content (AvgIpc) is 2.21. The van der Waals surface area contributed by atoms with Crippen LogP contribution in [0.3, 0.4) is 0 Å². The Bertz CT molecular complexity index is 423. The van der Waals surface area contributed by atoms with E-state index in [0.717, 1.165) is 12.8 Å². The molecule has 0 radical (unpaired) electrons. The maximum atomic E-state index is 12.0. The highest BCUT2D eigenvalue weighted by Gasteiger charge is 2.65. The van der Waals surface area contributed by atoms with Crippen molar-refractivity contribution in [2.24, 2.45) is 29.6 Å². The molecule has 4 rings (SSSR count). The SMILES string of the molecule is O=C1CCC=C2OC(=O)C3C4CCC4C3C12. The third kappa shape index (κ3) is 0.864. The van der Waals surface area contributed by atoms with Gasteiger partial charge in [-0.1, -0.05) is 0 Å². The molecule has 3 nitrogen and oxygen atoms in total. The Labute approximate surface area is 93.8 Å². The van der Waals surface area contributed by atoms with Crippen molar-refractivity contribution in [2.45, 2.75) is 25.7 Å². The van der Waals surface area contributed by atoms with Crippen LogP contribution in [0.15, 0.2) is 11.8 Å². The lowest BCUT2D eigenvalue weighted by Gasteiger charge is -2.62. The number of fused-ring (bicyclic) bond motifs is 6. The van der Waals surface area contributed by atoms with Crippen molar-refractivity contribution in [3.05, 3.63) is 11.8 Å². The molecule has 0 bridgehead atoms. The van der Waals surface area contributed by atoms with Gasteiger partial charge in [-0.2, -0.15) is 0 Å². The Hall–Kier alpha value is -1.12. The molecule has 0 aromatic rings. The van der Waals surface area contributed by atoms with E-state index in [1.54, 1.807) is 0 Å². The molecule has 4 aliphatic rings. The molecule has 0 amide bonds. The molecule has 5 atom stereocenters. The van der Waals surface area contributed by atoms with Crippen LogP contribution in [0.4, 0.5) is 0 Å². The summed E-state index contributed by atoms with van der Waals surface area (Å²) in [5, 5.41) is 0. The Morgan fingerprint density at radius 2 is 2.00 bits per heavy atom. The Kier molecular flexibility index (Phi) is 1.55. The first-order valence-electron chi connectivity index (χ1n) is 6.22. The summed E-state index contributed by atoms with van der Waals surface area (Å²) < 4.78 is 5.35. The second-order valence-corrected chi connectivity index (χ2v) is 5.52. The zero-order chi connectivity index (χ0) is 10.9. The number of ketones is 1. The van der Waals surface area contributed by atoms with E-state index in [0.29, 0.717) is 35.7 Å². The Morgan fingerprint density at radius 1 is 1.19 bits per heavy atom. The number of carbonyl (C=O) groups is 2. The van der Waals surface area contributed by atoms with E-state index in [4.69, 9.17) is 4.74 Å². The van der Waals surface area contributed by atoms with Gasteiger partial charge in [0.25, 0.3) is 0 Å². The van der Waals surface area contributed by atoms with Crippen LogP contribution >= 0.6 is 0 Å². The normalized spacial score (nSPS) is 48.8. The van der Waals surface area contributed by atoms with Crippen LogP contribution in [0.2, 0.25) is 0 Å². The van der Waals surface area contributed by atoms with Crippen molar-refractivity contribution in [1.82, 2.24) is 0 Å². The molecule has 0 N–H and O–H groups in total. The zero-order valence-corrected chi connectivity index (χ0v) is 9.02. The standard InChI is InChI=1S/C13H14O3/c14-8-2-1-3-9-12(8)10-6-4-5-7(6)11(10)13(15)16-9/h3,6-7,10-12H,1-2,4-5H2. The summed E-state index contributed by atoms with van der Waals surface area (Å²) in [5.41, 5.74) is 0. The van der Waals surface area contributed by atoms with E-state index in [2.05, 4.69) is 0 Å². The van der Waals surface area contributed by atoms with Crippen LogP contribution < -0.4 is 0 Å².